The lowest BCUT2D eigenvalue weighted by atomic mass is 10.1. The molecule has 0 saturated heterocycles. The van der Waals surface area contributed by atoms with E-state index in [2.05, 4.69) is 125 Å². The van der Waals surface area contributed by atoms with Gasteiger partial charge in [0.15, 0.2) is 12.2 Å². The quantitative estimate of drug-likeness (QED) is 0.0169. The summed E-state index contributed by atoms with van der Waals surface area (Å²) in [5.74, 6) is -2.23. The molecule has 5 atom stereocenters. The normalized spacial score (nSPS) is 14.6. The van der Waals surface area contributed by atoms with Crippen LogP contribution in [0.2, 0.25) is 0 Å². The largest absolute Gasteiger partial charge is 0.472 e. The summed E-state index contributed by atoms with van der Waals surface area (Å²) in [6.45, 7) is 4.57. The van der Waals surface area contributed by atoms with Crippen LogP contribution in [0.15, 0.2) is 97.2 Å². The highest BCUT2D eigenvalue weighted by atomic mass is 31.2. The molecule has 0 amide bonds. The molecule has 0 bridgehead atoms. The fourth-order valence-electron chi connectivity index (χ4n) is 9.40. The van der Waals surface area contributed by atoms with E-state index < -0.39 is 97.5 Å². The predicted octanol–water partition coefficient (Wildman–Crippen LogP) is 20.4. The third-order valence-corrected chi connectivity index (χ3v) is 16.9. The average molecular weight is 1370 g/mol. The summed E-state index contributed by atoms with van der Waals surface area (Å²) in [5.41, 5.74) is 0. The van der Waals surface area contributed by atoms with Crippen LogP contribution in [-0.4, -0.2) is 96.7 Å². The van der Waals surface area contributed by atoms with Gasteiger partial charge in [-0.05, 0) is 135 Å². The molecule has 5 unspecified atom stereocenters. The zero-order valence-corrected chi connectivity index (χ0v) is 60.7. The number of phosphoric acid groups is 2. The molecule has 0 radical (unpaired) electrons. The topological polar surface area (TPSA) is 237 Å². The van der Waals surface area contributed by atoms with Gasteiger partial charge < -0.3 is 33.8 Å². The molecule has 0 aromatic carbocycles. The van der Waals surface area contributed by atoms with Crippen molar-refractivity contribution in [3.63, 3.8) is 0 Å². The number of aliphatic hydroxyl groups is 1. The molecule has 19 heteroatoms. The number of aliphatic hydroxyl groups excluding tert-OH is 1. The van der Waals surface area contributed by atoms with E-state index in [1.54, 1.807) is 0 Å². The van der Waals surface area contributed by atoms with Crippen molar-refractivity contribution >= 4 is 39.5 Å². The second-order valence-electron chi connectivity index (χ2n) is 24.1. The lowest BCUT2D eigenvalue weighted by Gasteiger charge is -2.21. The van der Waals surface area contributed by atoms with Gasteiger partial charge in [-0.1, -0.05) is 234 Å². The predicted molar refractivity (Wildman–Crippen MR) is 381 cm³/mol. The van der Waals surface area contributed by atoms with Crippen molar-refractivity contribution in [3.05, 3.63) is 97.2 Å². The molecule has 0 fully saturated rings. The summed E-state index contributed by atoms with van der Waals surface area (Å²) >= 11 is 0. The number of carbonyl (C=O) groups is 4. The molecule has 0 aliphatic heterocycles. The zero-order chi connectivity index (χ0) is 69.0. The second kappa shape index (κ2) is 67.5. The monoisotopic (exact) mass is 1360 g/mol. The van der Waals surface area contributed by atoms with Crippen LogP contribution < -0.4 is 0 Å². The number of ether oxygens (including phenoxy) is 4. The number of carbonyl (C=O) groups excluding carboxylic acids is 4. The number of hydrogen-bond donors (Lipinski definition) is 3. The Labute approximate surface area is 569 Å². The van der Waals surface area contributed by atoms with Crippen molar-refractivity contribution in [3.8, 4) is 0 Å². The van der Waals surface area contributed by atoms with Crippen molar-refractivity contribution in [1.82, 2.24) is 0 Å². The Bertz CT molecular complexity index is 2170. The number of hydrogen-bond acceptors (Lipinski definition) is 15. The van der Waals surface area contributed by atoms with Gasteiger partial charge in [0.25, 0.3) is 0 Å². The van der Waals surface area contributed by atoms with E-state index in [-0.39, 0.29) is 25.7 Å². The molecule has 0 rings (SSSR count). The maximum Gasteiger partial charge on any atom is 0.472 e. The van der Waals surface area contributed by atoms with Gasteiger partial charge in [-0.2, -0.15) is 0 Å². The molecule has 0 spiro atoms. The number of phosphoric ester groups is 2. The van der Waals surface area contributed by atoms with Gasteiger partial charge in [-0.25, -0.2) is 9.13 Å². The van der Waals surface area contributed by atoms with Crippen LogP contribution in [-0.2, 0) is 65.4 Å². The molecule has 17 nitrogen and oxygen atoms in total. The Morgan fingerprint density at radius 1 is 0.309 bits per heavy atom. The number of esters is 4. The summed E-state index contributed by atoms with van der Waals surface area (Å²) in [7, 11) is -9.95. The SMILES string of the molecule is CC/C=C\C/C=C\C/C=C\C/C=C\CCCCCCC(=O)OCC(COP(=O)(O)OCC(O)COP(=O)(O)OCC(COC(=O)CCCCCCC/C=C\CCCCCC)OC(=O)CCCCCCC/C=C\CCCC)OC(=O)CCCCCCC/C=C\C/C=C\CCC. The van der Waals surface area contributed by atoms with Gasteiger partial charge in [-0.15, -0.1) is 0 Å². The van der Waals surface area contributed by atoms with Crippen molar-refractivity contribution < 1.29 is 80.2 Å². The summed E-state index contributed by atoms with van der Waals surface area (Å²) in [4.78, 5) is 72.6. The molecule has 0 aliphatic carbocycles. The minimum absolute atomic E-state index is 0.0722. The minimum atomic E-state index is -4.98. The maximum atomic E-state index is 13.0. The molecule has 0 aromatic rings. The number of allylic oxidation sites excluding steroid dienone is 16. The molecule has 542 valence electrons. The zero-order valence-electron chi connectivity index (χ0n) is 58.9. The second-order valence-corrected chi connectivity index (χ2v) is 27.0. The van der Waals surface area contributed by atoms with Crippen LogP contribution >= 0.6 is 15.6 Å². The first-order chi connectivity index (χ1) is 45.7. The Hall–Kier alpha value is -4.02. The number of rotatable bonds is 68. The molecule has 94 heavy (non-hydrogen) atoms. The van der Waals surface area contributed by atoms with Crippen LogP contribution in [0, 0.1) is 0 Å². The summed E-state index contributed by atoms with van der Waals surface area (Å²) < 4.78 is 68.2. The van der Waals surface area contributed by atoms with Gasteiger partial charge in [-0.3, -0.25) is 37.3 Å². The molecular weight excluding hydrogens is 1230 g/mol. The first-order valence-corrected chi connectivity index (χ1v) is 39.5. The third kappa shape index (κ3) is 66.6. The van der Waals surface area contributed by atoms with E-state index in [1.165, 1.54) is 38.5 Å². The third-order valence-electron chi connectivity index (χ3n) is 15.0. The van der Waals surface area contributed by atoms with Crippen molar-refractivity contribution in [2.24, 2.45) is 0 Å². The molecule has 0 heterocycles. The molecular formula is C75H130O17P2. The highest BCUT2D eigenvalue weighted by molar-refractivity contribution is 7.47. The van der Waals surface area contributed by atoms with Crippen LogP contribution in [0.1, 0.15) is 297 Å². The maximum absolute atomic E-state index is 13.0. The van der Waals surface area contributed by atoms with Crippen LogP contribution in [0.25, 0.3) is 0 Å². The fraction of sp³-hybridized carbons (Fsp3) is 0.733. The van der Waals surface area contributed by atoms with Crippen molar-refractivity contribution in [1.29, 1.82) is 0 Å². The molecule has 3 N–H and O–H groups in total. The highest BCUT2D eigenvalue weighted by Gasteiger charge is 2.30. The Kier molecular flexibility index (Phi) is 64.7. The van der Waals surface area contributed by atoms with Crippen LogP contribution in [0.4, 0.5) is 0 Å². The number of unbranched alkanes of at least 4 members (excludes halogenated alkanes) is 26. The molecule has 0 aliphatic rings. The fourth-order valence-corrected chi connectivity index (χ4v) is 11.0. The van der Waals surface area contributed by atoms with Gasteiger partial charge >= 0.3 is 39.5 Å². The Morgan fingerprint density at radius 3 is 0.936 bits per heavy atom. The first kappa shape index (κ1) is 90.0. The minimum Gasteiger partial charge on any atom is -0.462 e. The van der Waals surface area contributed by atoms with E-state index in [1.807, 2.05) is 0 Å². The average Bonchev–Trinajstić information content (AvgIpc) is 2.15. The molecule has 0 saturated carbocycles. The van der Waals surface area contributed by atoms with Gasteiger partial charge in [0.1, 0.15) is 19.3 Å². The van der Waals surface area contributed by atoms with Crippen molar-refractivity contribution in [2.45, 2.75) is 316 Å². The smallest absolute Gasteiger partial charge is 0.462 e. The summed E-state index contributed by atoms with van der Waals surface area (Å²) in [5, 5.41) is 10.6. The van der Waals surface area contributed by atoms with E-state index in [0.717, 1.165) is 180 Å². The lowest BCUT2D eigenvalue weighted by molar-refractivity contribution is -0.161. The Morgan fingerprint density at radius 2 is 0.585 bits per heavy atom. The first-order valence-electron chi connectivity index (χ1n) is 36.5. The van der Waals surface area contributed by atoms with E-state index in [0.29, 0.717) is 25.7 Å². The van der Waals surface area contributed by atoms with E-state index >= 15 is 0 Å². The van der Waals surface area contributed by atoms with Gasteiger partial charge in [0.05, 0.1) is 26.4 Å². The summed E-state index contributed by atoms with van der Waals surface area (Å²) in [6.07, 6.45) is 68.4. The Balaban J connectivity index is 5.35. The van der Waals surface area contributed by atoms with Crippen LogP contribution in [0.3, 0.4) is 0 Å². The molecule has 0 aromatic heterocycles. The van der Waals surface area contributed by atoms with Crippen LogP contribution in [0.5, 0.6) is 0 Å². The van der Waals surface area contributed by atoms with Gasteiger partial charge in [0.2, 0.25) is 0 Å². The van der Waals surface area contributed by atoms with Gasteiger partial charge in [0, 0.05) is 25.7 Å². The standard InChI is InChI=1S/C75H130O17P2/c1-5-9-13-17-21-25-29-32-33-34-35-38-41-44-48-52-56-60-73(78)86-66-71(92-75(80)62-58-54-50-46-42-37-31-27-23-19-15-11-7-3)68-90-94(83,84)88-64-69(76)63-87-93(81,82)89-67-70(91-74(79)61-57-53-49-45-39-28-24-20-16-12-8-4)65-85-72(77)59-55-51-47-43-40-36-30-26-22-18-14-10-6-2/h9,13,15,19-21,24-27,30-33,35,38,69-71,76H,5-8,10-12,14,16-18,22-23,28-29,34,36-37,39-68H2,1-4H3,(H,81,82)(H,83,84)/b13-9-,19-15-,24-20-,25-21-,30-26-,31-27-,33-32-,38-35-. The van der Waals surface area contributed by atoms with E-state index in [4.69, 9.17) is 37.0 Å². The highest BCUT2D eigenvalue weighted by Crippen LogP contribution is 2.45. The summed E-state index contributed by atoms with van der Waals surface area (Å²) in [6, 6.07) is 0. The van der Waals surface area contributed by atoms with Crippen molar-refractivity contribution in [2.75, 3.05) is 39.6 Å². The van der Waals surface area contributed by atoms with E-state index in [9.17, 15) is 43.2 Å². The lowest BCUT2D eigenvalue weighted by Crippen LogP contribution is -2.30.